The highest BCUT2D eigenvalue weighted by Crippen LogP contribution is 2.37. The molecule has 1 saturated heterocycles. The number of ether oxygens (including phenoxy) is 1. The van der Waals surface area contributed by atoms with Gasteiger partial charge in [-0.1, -0.05) is 0 Å². The van der Waals surface area contributed by atoms with E-state index in [1.54, 1.807) is 0 Å². The number of hydrogen-bond acceptors (Lipinski definition) is 6. The van der Waals surface area contributed by atoms with Gasteiger partial charge in [-0.3, -0.25) is 0 Å². The zero-order valence-corrected chi connectivity index (χ0v) is 16.6. The van der Waals surface area contributed by atoms with Crippen LogP contribution in [0.25, 0.3) is 10.8 Å². The molecule has 0 N–H and O–H groups in total. The maximum Gasteiger partial charge on any atom is 0.281 e. The molecule has 0 atom stereocenters. The van der Waals surface area contributed by atoms with Gasteiger partial charge in [0.15, 0.2) is 10.8 Å². The van der Waals surface area contributed by atoms with Crippen LogP contribution in [0.1, 0.15) is 43.5 Å². The molecule has 10 heteroatoms. The Morgan fingerprint density at radius 2 is 1.86 bits per heavy atom. The second-order valence-electron chi connectivity index (χ2n) is 7.52. The van der Waals surface area contributed by atoms with Crippen LogP contribution in [0.15, 0.2) is 11.4 Å². The molecule has 0 amide bonds. The first-order valence-electron chi connectivity index (χ1n) is 9.72. The Balaban J connectivity index is 1.60. The predicted octanol–water partition coefficient (Wildman–Crippen LogP) is 4.74. The fourth-order valence-corrected chi connectivity index (χ4v) is 4.47. The summed E-state index contributed by atoms with van der Waals surface area (Å²) >= 11 is 1.08. The lowest BCUT2D eigenvalue weighted by Crippen LogP contribution is -2.37. The number of halogens is 4. The number of rotatable bonds is 5. The van der Waals surface area contributed by atoms with Crippen molar-refractivity contribution in [3.63, 3.8) is 0 Å². The van der Waals surface area contributed by atoms with Gasteiger partial charge in [0, 0.05) is 43.1 Å². The molecular formula is C19H22F4N4OS. The van der Waals surface area contributed by atoms with Crippen LogP contribution in [-0.2, 0) is 11.2 Å². The van der Waals surface area contributed by atoms with E-state index in [1.165, 1.54) is 5.38 Å². The smallest absolute Gasteiger partial charge is 0.281 e. The van der Waals surface area contributed by atoms with Crippen molar-refractivity contribution in [2.24, 2.45) is 5.92 Å². The van der Waals surface area contributed by atoms with Gasteiger partial charge >= 0.3 is 0 Å². The molecule has 0 spiro atoms. The maximum absolute atomic E-state index is 13.5. The van der Waals surface area contributed by atoms with Crippen molar-refractivity contribution >= 4 is 17.2 Å². The fraction of sp³-hybridized carbons (Fsp3) is 0.632. The molecule has 29 heavy (non-hydrogen) atoms. The van der Waals surface area contributed by atoms with Crippen LogP contribution in [0, 0.1) is 5.92 Å². The number of aromatic nitrogens is 3. The molecule has 1 saturated carbocycles. The maximum atomic E-state index is 13.5. The zero-order chi connectivity index (χ0) is 20.4. The van der Waals surface area contributed by atoms with E-state index in [9.17, 15) is 17.6 Å². The van der Waals surface area contributed by atoms with Gasteiger partial charge in [0.25, 0.3) is 6.43 Å². The summed E-state index contributed by atoms with van der Waals surface area (Å²) in [7, 11) is 0. The van der Waals surface area contributed by atoms with E-state index in [1.807, 2.05) is 6.07 Å². The molecule has 2 aliphatic rings. The van der Waals surface area contributed by atoms with Gasteiger partial charge in [-0.05, 0) is 25.2 Å². The Morgan fingerprint density at radius 1 is 1.14 bits per heavy atom. The molecular weight excluding hydrogens is 408 g/mol. The first-order valence-corrected chi connectivity index (χ1v) is 10.6. The Morgan fingerprint density at radius 3 is 2.52 bits per heavy atom. The highest BCUT2D eigenvalue weighted by molar-refractivity contribution is 7.13. The first-order chi connectivity index (χ1) is 13.9. The van der Waals surface area contributed by atoms with E-state index in [-0.39, 0.29) is 24.5 Å². The van der Waals surface area contributed by atoms with Crippen molar-refractivity contribution in [2.75, 3.05) is 31.2 Å². The third kappa shape index (κ3) is 5.03. The molecule has 0 bridgehead atoms. The SMILES string of the molecule is FC(F)c1csc(-c2nc(CC3CCC(F)(F)CC3)cc(N3CCOCC3)n2)n1. The van der Waals surface area contributed by atoms with Crippen LogP contribution in [0.4, 0.5) is 23.4 Å². The van der Waals surface area contributed by atoms with Gasteiger partial charge in [-0.15, -0.1) is 11.3 Å². The standard InChI is InChI=1S/C19H22F4N4OS/c20-16(21)14-11-29-18(25-14)17-24-13(9-12-1-3-19(22,23)4-2-12)10-15(26-17)27-5-7-28-8-6-27/h10-12,16H,1-9H2. The van der Waals surface area contributed by atoms with Crippen molar-refractivity contribution in [1.29, 1.82) is 0 Å². The number of alkyl halides is 4. The van der Waals surface area contributed by atoms with Crippen LogP contribution < -0.4 is 4.90 Å². The van der Waals surface area contributed by atoms with E-state index < -0.39 is 12.3 Å². The fourth-order valence-electron chi connectivity index (χ4n) is 3.73. The van der Waals surface area contributed by atoms with Crippen molar-refractivity contribution in [1.82, 2.24) is 15.0 Å². The molecule has 3 heterocycles. The Hall–Kier alpha value is -1.81. The summed E-state index contributed by atoms with van der Waals surface area (Å²) in [5.41, 5.74) is 0.446. The lowest BCUT2D eigenvalue weighted by Gasteiger charge is -2.29. The summed E-state index contributed by atoms with van der Waals surface area (Å²) in [4.78, 5) is 15.1. The lowest BCUT2D eigenvalue weighted by molar-refractivity contribution is -0.0457. The van der Waals surface area contributed by atoms with E-state index >= 15 is 0 Å². The minimum atomic E-state index is -2.65. The topological polar surface area (TPSA) is 51.1 Å². The number of nitrogens with zero attached hydrogens (tertiary/aromatic N) is 4. The van der Waals surface area contributed by atoms with E-state index in [0.29, 0.717) is 62.2 Å². The van der Waals surface area contributed by atoms with Gasteiger partial charge in [0.2, 0.25) is 5.92 Å². The Kier molecular flexibility index (Phi) is 6.00. The van der Waals surface area contributed by atoms with E-state index in [4.69, 9.17) is 4.74 Å². The molecule has 4 rings (SSSR count). The second-order valence-corrected chi connectivity index (χ2v) is 8.38. The number of thiazole rings is 1. The van der Waals surface area contributed by atoms with Crippen molar-refractivity contribution < 1.29 is 22.3 Å². The highest BCUT2D eigenvalue weighted by atomic mass is 32.1. The summed E-state index contributed by atoms with van der Waals surface area (Å²) in [6, 6.07) is 1.88. The summed E-state index contributed by atoms with van der Waals surface area (Å²) in [5.74, 6) is -1.44. The van der Waals surface area contributed by atoms with Gasteiger partial charge in [0.05, 0.1) is 13.2 Å². The average molecular weight is 430 g/mol. The molecule has 0 unspecified atom stereocenters. The largest absolute Gasteiger partial charge is 0.378 e. The van der Waals surface area contributed by atoms with Crippen LogP contribution in [0.3, 0.4) is 0 Å². The monoisotopic (exact) mass is 430 g/mol. The number of hydrogen-bond donors (Lipinski definition) is 0. The highest BCUT2D eigenvalue weighted by Gasteiger charge is 2.35. The van der Waals surface area contributed by atoms with Crippen LogP contribution in [0.2, 0.25) is 0 Å². The number of morpholine rings is 1. The third-order valence-electron chi connectivity index (χ3n) is 5.37. The lowest BCUT2D eigenvalue weighted by atomic mass is 9.84. The summed E-state index contributed by atoms with van der Waals surface area (Å²) < 4.78 is 58.2. The summed E-state index contributed by atoms with van der Waals surface area (Å²) in [6.07, 6.45) is -1.38. The van der Waals surface area contributed by atoms with Crippen LogP contribution in [-0.4, -0.2) is 47.2 Å². The molecule has 0 aromatic carbocycles. The van der Waals surface area contributed by atoms with E-state index in [2.05, 4.69) is 19.9 Å². The molecule has 1 aliphatic heterocycles. The van der Waals surface area contributed by atoms with Gasteiger partial charge in [-0.25, -0.2) is 32.5 Å². The Bertz CT molecular complexity index is 831. The molecule has 1 aliphatic carbocycles. The Labute approximate surface area is 170 Å². The first kappa shape index (κ1) is 20.5. The quantitative estimate of drug-likeness (QED) is 0.642. The molecule has 2 fully saturated rings. The summed E-state index contributed by atoms with van der Waals surface area (Å²) in [5, 5.41) is 1.65. The van der Waals surface area contributed by atoms with Crippen molar-refractivity contribution in [3.05, 3.63) is 22.8 Å². The second kappa shape index (κ2) is 8.51. The molecule has 5 nitrogen and oxygen atoms in total. The van der Waals surface area contributed by atoms with Crippen LogP contribution >= 0.6 is 11.3 Å². The van der Waals surface area contributed by atoms with Gasteiger partial charge < -0.3 is 9.64 Å². The van der Waals surface area contributed by atoms with Gasteiger partial charge in [0.1, 0.15) is 11.5 Å². The molecule has 0 radical (unpaired) electrons. The molecule has 2 aromatic rings. The molecule has 158 valence electrons. The predicted molar refractivity (Wildman–Crippen MR) is 102 cm³/mol. The van der Waals surface area contributed by atoms with Crippen LogP contribution in [0.5, 0.6) is 0 Å². The normalized spacial score (nSPS) is 20.4. The number of anilines is 1. The van der Waals surface area contributed by atoms with E-state index in [0.717, 1.165) is 17.0 Å². The molecule has 2 aromatic heterocycles. The zero-order valence-electron chi connectivity index (χ0n) is 15.8. The average Bonchev–Trinajstić information content (AvgIpc) is 3.21. The minimum Gasteiger partial charge on any atom is -0.378 e. The summed E-state index contributed by atoms with van der Waals surface area (Å²) in [6.45, 7) is 2.51. The van der Waals surface area contributed by atoms with Crippen molar-refractivity contribution in [3.8, 4) is 10.8 Å². The minimum absolute atomic E-state index is 0.101. The third-order valence-corrected chi connectivity index (χ3v) is 6.23. The van der Waals surface area contributed by atoms with Gasteiger partial charge in [-0.2, -0.15) is 0 Å². The van der Waals surface area contributed by atoms with Crippen molar-refractivity contribution in [2.45, 2.75) is 44.5 Å².